The van der Waals surface area contributed by atoms with E-state index in [0.717, 1.165) is 10.2 Å². The zero-order valence-corrected chi connectivity index (χ0v) is 13.6. The summed E-state index contributed by atoms with van der Waals surface area (Å²) in [5, 5.41) is 14.7. The number of anilines is 1. The monoisotopic (exact) mass is 345 g/mol. The molecule has 2 aromatic carbocycles. The number of halogens is 1. The van der Waals surface area contributed by atoms with Crippen LogP contribution in [0.5, 0.6) is 0 Å². The lowest BCUT2D eigenvalue weighted by Gasteiger charge is -2.10. The number of nitrogens with zero attached hydrogens (tertiary/aromatic N) is 1. The Morgan fingerprint density at radius 2 is 2.08 bits per heavy atom. The first-order valence-electron chi connectivity index (χ1n) is 7.48. The van der Waals surface area contributed by atoms with Gasteiger partial charge in [-0.05, 0) is 36.8 Å². The van der Waals surface area contributed by atoms with Crippen LogP contribution in [0.2, 0.25) is 0 Å². The highest BCUT2D eigenvalue weighted by atomic mass is 32.1. The van der Waals surface area contributed by atoms with Crippen LogP contribution in [-0.2, 0) is 0 Å². The minimum atomic E-state index is -0.405. The van der Waals surface area contributed by atoms with Crippen LogP contribution < -0.4 is 10.6 Å². The van der Waals surface area contributed by atoms with Crippen molar-refractivity contribution in [1.82, 2.24) is 10.3 Å². The fraction of sp³-hybridized carbons (Fsp3) is 0.176. The summed E-state index contributed by atoms with van der Waals surface area (Å²) in [4.78, 5) is 16.4. The van der Waals surface area contributed by atoms with Crippen LogP contribution in [0.3, 0.4) is 0 Å². The summed E-state index contributed by atoms with van der Waals surface area (Å²) in [5.41, 5.74) is 1.85. The van der Waals surface area contributed by atoms with E-state index in [4.69, 9.17) is 5.11 Å². The second-order valence-electron chi connectivity index (χ2n) is 5.13. The highest BCUT2D eigenvalue weighted by Crippen LogP contribution is 2.34. The summed E-state index contributed by atoms with van der Waals surface area (Å²) in [6.45, 7) is 0.369. The summed E-state index contributed by atoms with van der Waals surface area (Å²) in [6, 6.07) is 11.4. The van der Waals surface area contributed by atoms with E-state index in [1.165, 1.54) is 29.5 Å². The Bertz CT molecular complexity index is 833. The number of hydrogen-bond acceptors (Lipinski definition) is 4. The number of para-hydroxylation sites is 1. The molecule has 5 nitrogen and oxygen atoms in total. The first-order valence-corrected chi connectivity index (χ1v) is 8.30. The molecule has 0 aliphatic rings. The molecule has 0 spiro atoms. The SMILES string of the molecule is O=C(NCCCO)Nc1ccc(F)cc1-c1nc2ccccc2s1. The highest BCUT2D eigenvalue weighted by molar-refractivity contribution is 7.21. The molecule has 7 heteroatoms. The second-order valence-corrected chi connectivity index (χ2v) is 6.17. The van der Waals surface area contributed by atoms with Crippen molar-refractivity contribution in [3.63, 3.8) is 0 Å². The Labute approximate surface area is 142 Å². The fourth-order valence-electron chi connectivity index (χ4n) is 2.24. The number of thiazole rings is 1. The maximum atomic E-state index is 13.7. The lowest BCUT2D eigenvalue weighted by molar-refractivity contribution is 0.249. The number of amides is 2. The number of aliphatic hydroxyl groups is 1. The summed E-state index contributed by atoms with van der Waals surface area (Å²) >= 11 is 1.44. The van der Waals surface area contributed by atoms with Crippen LogP contribution in [-0.4, -0.2) is 29.3 Å². The molecule has 0 aliphatic heterocycles. The second kappa shape index (κ2) is 7.37. The van der Waals surface area contributed by atoms with E-state index in [-0.39, 0.29) is 6.61 Å². The topological polar surface area (TPSA) is 74.2 Å². The number of aliphatic hydroxyl groups excluding tert-OH is 1. The molecule has 0 saturated carbocycles. The molecule has 1 heterocycles. The largest absolute Gasteiger partial charge is 0.396 e. The number of urea groups is 1. The summed E-state index contributed by atoms with van der Waals surface area (Å²) in [5.74, 6) is -0.393. The van der Waals surface area contributed by atoms with Crippen LogP contribution >= 0.6 is 11.3 Å². The van der Waals surface area contributed by atoms with Crippen molar-refractivity contribution < 1.29 is 14.3 Å². The van der Waals surface area contributed by atoms with Gasteiger partial charge in [0.1, 0.15) is 10.8 Å². The first-order chi connectivity index (χ1) is 11.7. The van der Waals surface area contributed by atoms with Crippen LogP contribution in [0, 0.1) is 5.82 Å². The number of nitrogens with one attached hydrogen (secondary N) is 2. The zero-order valence-electron chi connectivity index (χ0n) is 12.8. The third-order valence-electron chi connectivity index (χ3n) is 3.37. The predicted octanol–water partition coefficient (Wildman–Crippen LogP) is 3.61. The minimum absolute atomic E-state index is 0.00772. The molecule has 0 aliphatic carbocycles. The van der Waals surface area contributed by atoms with Crippen molar-refractivity contribution in [3.05, 3.63) is 48.3 Å². The number of carbonyl (C=O) groups excluding carboxylic acids is 1. The maximum absolute atomic E-state index is 13.7. The van der Waals surface area contributed by atoms with E-state index >= 15 is 0 Å². The number of hydrogen-bond donors (Lipinski definition) is 3. The molecule has 3 rings (SSSR count). The van der Waals surface area contributed by atoms with Gasteiger partial charge in [-0.1, -0.05) is 12.1 Å². The average Bonchev–Trinajstić information content (AvgIpc) is 3.00. The molecule has 0 unspecified atom stereocenters. The molecule has 0 fully saturated rings. The van der Waals surface area contributed by atoms with Crippen molar-refractivity contribution in [1.29, 1.82) is 0 Å². The first kappa shape index (κ1) is 16.4. The molecule has 124 valence electrons. The molecule has 2 amide bonds. The van der Waals surface area contributed by atoms with Gasteiger partial charge in [-0.3, -0.25) is 0 Å². The Morgan fingerprint density at radius 3 is 2.88 bits per heavy atom. The fourth-order valence-corrected chi connectivity index (χ4v) is 3.23. The smallest absolute Gasteiger partial charge is 0.319 e. The van der Waals surface area contributed by atoms with Gasteiger partial charge < -0.3 is 15.7 Å². The summed E-state index contributed by atoms with van der Waals surface area (Å²) in [7, 11) is 0. The van der Waals surface area contributed by atoms with E-state index in [0.29, 0.717) is 29.2 Å². The quantitative estimate of drug-likeness (QED) is 0.619. The molecule has 24 heavy (non-hydrogen) atoms. The van der Waals surface area contributed by atoms with E-state index in [1.807, 2.05) is 24.3 Å². The predicted molar refractivity (Wildman–Crippen MR) is 93.7 cm³/mol. The van der Waals surface area contributed by atoms with Gasteiger partial charge in [0.2, 0.25) is 0 Å². The van der Waals surface area contributed by atoms with Gasteiger partial charge in [0, 0.05) is 18.7 Å². The van der Waals surface area contributed by atoms with Crippen LogP contribution in [0.25, 0.3) is 20.8 Å². The number of fused-ring (bicyclic) bond motifs is 1. The Balaban J connectivity index is 1.89. The van der Waals surface area contributed by atoms with Gasteiger partial charge >= 0.3 is 6.03 Å². The molecular formula is C17H16FN3O2S. The lowest BCUT2D eigenvalue weighted by atomic mass is 10.2. The Kier molecular flexibility index (Phi) is 5.02. The highest BCUT2D eigenvalue weighted by Gasteiger charge is 2.13. The minimum Gasteiger partial charge on any atom is -0.396 e. The van der Waals surface area contributed by atoms with E-state index < -0.39 is 11.8 Å². The van der Waals surface area contributed by atoms with Crippen molar-refractivity contribution in [2.24, 2.45) is 0 Å². The summed E-state index contributed by atoms with van der Waals surface area (Å²) < 4.78 is 14.7. The van der Waals surface area contributed by atoms with Crippen LogP contribution in [0.1, 0.15) is 6.42 Å². The molecule has 1 aromatic heterocycles. The number of rotatable bonds is 5. The lowest BCUT2D eigenvalue weighted by Crippen LogP contribution is -2.30. The Hall–Kier alpha value is -2.51. The van der Waals surface area contributed by atoms with Crippen molar-refractivity contribution in [2.75, 3.05) is 18.5 Å². The molecule has 0 bridgehead atoms. The standard InChI is InChI=1S/C17H16FN3O2S/c18-11-6-7-13(21-17(23)19-8-3-9-22)12(10-11)16-20-14-4-1-2-5-15(14)24-16/h1-2,4-7,10,22H,3,8-9H2,(H2,19,21,23). The van der Waals surface area contributed by atoms with E-state index in [2.05, 4.69) is 15.6 Å². The van der Waals surface area contributed by atoms with Crippen LogP contribution in [0.4, 0.5) is 14.9 Å². The van der Waals surface area contributed by atoms with E-state index in [9.17, 15) is 9.18 Å². The average molecular weight is 345 g/mol. The van der Waals surface area contributed by atoms with Crippen molar-refractivity contribution in [2.45, 2.75) is 6.42 Å². The number of aromatic nitrogens is 1. The zero-order chi connectivity index (χ0) is 16.9. The third-order valence-corrected chi connectivity index (χ3v) is 4.44. The third kappa shape index (κ3) is 3.69. The maximum Gasteiger partial charge on any atom is 0.319 e. The molecule has 0 saturated heterocycles. The van der Waals surface area contributed by atoms with Gasteiger partial charge in [-0.15, -0.1) is 11.3 Å². The number of benzene rings is 2. The van der Waals surface area contributed by atoms with Crippen molar-refractivity contribution >= 4 is 33.3 Å². The Morgan fingerprint density at radius 1 is 1.25 bits per heavy atom. The van der Waals surface area contributed by atoms with Gasteiger partial charge in [0.05, 0.1) is 15.9 Å². The van der Waals surface area contributed by atoms with Gasteiger partial charge in [-0.2, -0.15) is 0 Å². The van der Waals surface area contributed by atoms with E-state index in [1.54, 1.807) is 0 Å². The molecular weight excluding hydrogens is 329 g/mol. The van der Waals surface area contributed by atoms with Gasteiger partial charge in [0.15, 0.2) is 0 Å². The van der Waals surface area contributed by atoms with Gasteiger partial charge in [-0.25, -0.2) is 14.2 Å². The number of carbonyl (C=O) groups is 1. The van der Waals surface area contributed by atoms with Crippen molar-refractivity contribution in [3.8, 4) is 10.6 Å². The normalized spacial score (nSPS) is 10.8. The molecule has 3 N–H and O–H groups in total. The van der Waals surface area contributed by atoms with Crippen LogP contribution in [0.15, 0.2) is 42.5 Å². The van der Waals surface area contributed by atoms with Gasteiger partial charge in [0.25, 0.3) is 0 Å². The molecule has 0 atom stereocenters. The molecule has 3 aromatic rings. The molecule has 0 radical (unpaired) electrons. The summed E-state index contributed by atoms with van der Waals surface area (Å²) in [6.07, 6.45) is 0.474.